The summed E-state index contributed by atoms with van der Waals surface area (Å²) in [7, 11) is 0. The lowest BCUT2D eigenvalue weighted by Gasteiger charge is -2.17. The van der Waals surface area contributed by atoms with Gasteiger partial charge < -0.3 is 14.2 Å². The molecule has 0 aromatic heterocycles. The largest absolute Gasteiger partial charge is 0.487 e. The van der Waals surface area contributed by atoms with Gasteiger partial charge in [-0.05, 0) is 27.6 Å². The minimum Gasteiger partial charge on any atom is -0.487 e. The van der Waals surface area contributed by atoms with Crippen molar-refractivity contribution in [2.24, 2.45) is 0 Å². The maximum atomic E-state index is 5.96. The highest BCUT2D eigenvalue weighted by Gasteiger charge is 2.23. The number of benzene rings is 2. The molecule has 0 N–H and O–H groups in total. The zero-order valence-electron chi connectivity index (χ0n) is 10.9. The summed E-state index contributed by atoms with van der Waals surface area (Å²) in [5.41, 5.74) is 2.05. The van der Waals surface area contributed by atoms with Crippen LogP contribution in [-0.4, -0.2) is 13.2 Å². The number of ether oxygens (including phenoxy) is 3. The fraction of sp³-hybridized carbons (Fsp3) is 0.250. The molecule has 20 heavy (non-hydrogen) atoms. The molecule has 1 heterocycles. The van der Waals surface area contributed by atoms with Crippen molar-refractivity contribution in [3.63, 3.8) is 0 Å². The Bertz CT molecular complexity index is 565. The highest BCUT2D eigenvalue weighted by Crippen LogP contribution is 2.37. The van der Waals surface area contributed by atoms with E-state index in [0.717, 1.165) is 21.3 Å². The molecule has 3 nitrogen and oxygen atoms in total. The minimum atomic E-state index is -0.335. The maximum Gasteiger partial charge on any atom is 0.187 e. The van der Waals surface area contributed by atoms with Gasteiger partial charge in [0.05, 0.1) is 23.2 Å². The molecule has 0 radical (unpaired) electrons. The van der Waals surface area contributed by atoms with Crippen LogP contribution in [0.2, 0.25) is 0 Å². The molecule has 2 aromatic carbocycles. The van der Waals surface area contributed by atoms with E-state index in [1.165, 1.54) is 0 Å². The molecular weight excluding hydrogens is 320 g/mol. The molecule has 2 aromatic rings. The van der Waals surface area contributed by atoms with Crippen molar-refractivity contribution in [1.82, 2.24) is 0 Å². The van der Waals surface area contributed by atoms with E-state index in [1.54, 1.807) is 0 Å². The summed E-state index contributed by atoms with van der Waals surface area (Å²) in [6.07, 6.45) is -0.335. The van der Waals surface area contributed by atoms with Crippen molar-refractivity contribution < 1.29 is 14.2 Å². The molecule has 0 bridgehead atoms. The van der Waals surface area contributed by atoms with E-state index in [1.807, 2.05) is 48.5 Å². The highest BCUT2D eigenvalue weighted by atomic mass is 79.9. The quantitative estimate of drug-likeness (QED) is 0.843. The Labute approximate surface area is 126 Å². The molecule has 0 saturated carbocycles. The zero-order valence-corrected chi connectivity index (χ0v) is 12.5. The van der Waals surface area contributed by atoms with Crippen LogP contribution in [0.25, 0.3) is 0 Å². The van der Waals surface area contributed by atoms with E-state index in [9.17, 15) is 0 Å². The topological polar surface area (TPSA) is 27.7 Å². The molecule has 0 atom stereocenters. The van der Waals surface area contributed by atoms with Gasteiger partial charge in [-0.15, -0.1) is 0 Å². The van der Waals surface area contributed by atoms with E-state index >= 15 is 0 Å². The summed E-state index contributed by atoms with van der Waals surface area (Å²) < 4.78 is 18.0. The van der Waals surface area contributed by atoms with Gasteiger partial charge >= 0.3 is 0 Å². The number of halogens is 1. The molecule has 1 saturated heterocycles. The lowest BCUT2D eigenvalue weighted by molar-refractivity contribution is -0.0459. The predicted molar refractivity (Wildman–Crippen MR) is 79.6 cm³/mol. The van der Waals surface area contributed by atoms with Crippen LogP contribution < -0.4 is 4.74 Å². The fourth-order valence-electron chi connectivity index (χ4n) is 2.13. The molecule has 0 amide bonds. The molecule has 1 aliphatic heterocycles. The molecule has 104 valence electrons. The van der Waals surface area contributed by atoms with E-state index in [4.69, 9.17) is 14.2 Å². The van der Waals surface area contributed by atoms with Crippen LogP contribution in [0.3, 0.4) is 0 Å². The summed E-state index contributed by atoms with van der Waals surface area (Å²) in [4.78, 5) is 0. The third kappa shape index (κ3) is 3.03. The Morgan fingerprint density at radius 2 is 1.75 bits per heavy atom. The van der Waals surface area contributed by atoms with Crippen molar-refractivity contribution in [3.05, 3.63) is 64.1 Å². The third-order valence-corrected chi connectivity index (χ3v) is 3.72. The van der Waals surface area contributed by atoms with Crippen LogP contribution >= 0.6 is 15.9 Å². The monoisotopic (exact) mass is 334 g/mol. The second-order valence-electron chi connectivity index (χ2n) is 4.51. The van der Waals surface area contributed by atoms with Crippen molar-refractivity contribution in [2.75, 3.05) is 13.2 Å². The normalized spacial score (nSPS) is 15.4. The van der Waals surface area contributed by atoms with Gasteiger partial charge in [-0.1, -0.05) is 42.5 Å². The van der Waals surface area contributed by atoms with Crippen molar-refractivity contribution in [2.45, 2.75) is 12.9 Å². The van der Waals surface area contributed by atoms with Gasteiger partial charge in [-0.25, -0.2) is 0 Å². The summed E-state index contributed by atoms with van der Waals surface area (Å²) in [6.45, 7) is 1.76. The van der Waals surface area contributed by atoms with Gasteiger partial charge in [-0.3, -0.25) is 0 Å². The number of hydrogen-bond donors (Lipinski definition) is 0. The Kier molecular flexibility index (Phi) is 4.35. The van der Waals surface area contributed by atoms with Gasteiger partial charge in [-0.2, -0.15) is 0 Å². The highest BCUT2D eigenvalue weighted by molar-refractivity contribution is 9.10. The van der Waals surface area contributed by atoms with Gasteiger partial charge in [0.15, 0.2) is 6.29 Å². The lowest BCUT2D eigenvalue weighted by Crippen LogP contribution is -2.04. The zero-order chi connectivity index (χ0) is 13.8. The van der Waals surface area contributed by atoms with Gasteiger partial charge in [0.25, 0.3) is 0 Å². The number of hydrogen-bond acceptors (Lipinski definition) is 3. The van der Waals surface area contributed by atoms with E-state index in [-0.39, 0.29) is 6.29 Å². The summed E-state index contributed by atoms with van der Waals surface area (Å²) in [5, 5.41) is 0. The lowest BCUT2D eigenvalue weighted by atomic mass is 10.2. The average molecular weight is 335 g/mol. The first kappa shape index (κ1) is 13.6. The summed E-state index contributed by atoms with van der Waals surface area (Å²) >= 11 is 3.53. The van der Waals surface area contributed by atoms with Crippen molar-refractivity contribution in [3.8, 4) is 5.75 Å². The molecule has 4 heteroatoms. The molecule has 0 aliphatic carbocycles. The third-order valence-electron chi connectivity index (χ3n) is 3.10. The van der Waals surface area contributed by atoms with Crippen LogP contribution in [0.1, 0.15) is 17.4 Å². The standard InChI is InChI=1S/C16H15BrO3/c17-14-8-4-7-13(16-18-9-10-19-16)15(14)20-11-12-5-2-1-3-6-12/h1-8,16H,9-11H2. The Morgan fingerprint density at radius 1 is 1.00 bits per heavy atom. The SMILES string of the molecule is Brc1cccc(C2OCCO2)c1OCc1ccccc1. The summed E-state index contributed by atoms with van der Waals surface area (Å²) in [6, 6.07) is 16.0. The smallest absolute Gasteiger partial charge is 0.187 e. The van der Waals surface area contributed by atoms with Gasteiger partial charge in [0.1, 0.15) is 12.4 Å². The van der Waals surface area contributed by atoms with E-state index < -0.39 is 0 Å². The van der Waals surface area contributed by atoms with Gasteiger partial charge in [0, 0.05) is 0 Å². The predicted octanol–water partition coefficient (Wildman–Crippen LogP) is 4.07. The molecule has 0 spiro atoms. The van der Waals surface area contributed by atoms with Gasteiger partial charge in [0.2, 0.25) is 0 Å². The fourth-order valence-corrected chi connectivity index (χ4v) is 2.63. The second-order valence-corrected chi connectivity index (χ2v) is 5.36. The van der Waals surface area contributed by atoms with E-state index in [0.29, 0.717) is 19.8 Å². The van der Waals surface area contributed by atoms with Crippen molar-refractivity contribution in [1.29, 1.82) is 0 Å². The van der Waals surface area contributed by atoms with Crippen LogP contribution in [0.15, 0.2) is 53.0 Å². The van der Waals surface area contributed by atoms with Crippen LogP contribution in [0.4, 0.5) is 0 Å². The Balaban J connectivity index is 1.81. The molecular formula is C16H15BrO3. The first-order valence-corrected chi connectivity index (χ1v) is 7.32. The van der Waals surface area contributed by atoms with E-state index in [2.05, 4.69) is 15.9 Å². The Hall–Kier alpha value is -1.36. The molecule has 0 unspecified atom stereocenters. The number of rotatable bonds is 4. The van der Waals surface area contributed by atoms with Crippen LogP contribution in [0, 0.1) is 0 Å². The van der Waals surface area contributed by atoms with Crippen molar-refractivity contribution >= 4 is 15.9 Å². The second kappa shape index (κ2) is 6.39. The first-order valence-electron chi connectivity index (χ1n) is 6.53. The maximum absolute atomic E-state index is 5.96. The summed E-state index contributed by atoms with van der Waals surface area (Å²) in [5.74, 6) is 0.781. The Morgan fingerprint density at radius 3 is 2.50 bits per heavy atom. The van der Waals surface area contributed by atoms with Crippen LogP contribution in [-0.2, 0) is 16.1 Å². The van der Waals surface area contributed by atoms with Crippen LogP contribution in [0.5, 0.6) is 5.75 Å². The first-order chi connectivity index (χ1) is 9.84. The molecule has 1 aliphatic rings. The molecule has 3 rings (SSSR count). The molecule has 1 fully saturated rings. The number of para-hydroxylation sites is 1. The minimum absolute atomic E-state index is 0.335. The average Bonchev–Trinajstić information content (AvgIpc) is 3.01.